The number of hydrogen-bond acceptors (Lipinski definition) is 2. The fourth-order valence-electron chi connectivity index (χ4n) is 1.48. The molecule has 0 bridgehead atoms. The lowest BCUT2D eigenvalue weighted by molar-refractivity contribution is 0.738. The molecule has 0 amide bonds. The molecule has 2 rings (SSSR count). The van der Waals surface area contributed by atoms with Gasteiger partial charge in [0.1, 0.15) is 5.02 Å². The van der Waals surface area contributed by atoms with Gasteiger partial charge in [-0.15, -0.1) is 0 Å². The average Bonchev–Trinajstić information content (AvgIpc) is 2.37. The molecule has 92 valence electrons. The Morgan fingerprint density at radius 3 is 2.67 bits per heavy atom. The van der Waals surface area contributed by atoms with E-state index in [9.17, 15) is 9.59 Å². The van der Waals surface area contributed by atoms with Crippen molar-refractivity contribution in [2.45, 2.75) is 6.54 Å². The molecule has 0 saturated heterocycles. The molecule has 4 nitrogen and oxygen atoms in total. The highest BCUT2D eigenvalue weighted by atomic mass is 35.5. The summed E-state index contributed by atoms with van der Waals surface area (Å²) in [7, 11) is 0. The molecule has 0 fully saturated rings. The van der Waals surface area contributed by atoms with Crippen molar-refractivity contribution in [1.82, 2.24) is 9.55 Å². The van der Waals surface area contributed by atoms with Crippen LogP contribution in [0.15, 0.2) is 52.2 Å². The SMILES string of the molecule is O=c1[nH]c(=O)n(C/C=C\c2ccccc2)cc1Cl. The second-order valence-electron chi connectivity index (χ2n) is 3.70. The van der Waals surface area contributed by atoms with Crippen molar-refractivity contribution >= 4 is 17.7 Å². The van der Waals surface area contributed by atoms with Gasteiger partial charge in [-0.25, -0.2) is 4.79 Å². The number of nitrogens with one attached hydrogen (secondary N) is 1. The molecule has 0 aliphatic rings. The highest BCUT2D eigenvalue weighted by molar-refractivity contribution is 6.30. The minimum atomic E-state index is -0.565. The Balaban J connectivity index is 2.16. The first-order valence-corrected chi connectivity index (χ1v) is 5.75. The number of aromatic amines is 1. The predicted molar refractivity (Wildman–Crippen MR) is 71.8 cm³/mol. The number of allylic oxidation sites excluding steroid dienone is 1. The van der Waals surface area contributed by atoms with Gasteiger partial charge in [0.25, 0.3) is 5.56 Å². The maximum Gasteiger partial charge on any atom is 0.328 e. The molecule has 18 heavy (non-hydrogen) atoms. The van der Waals surface area contributed by atoms with Gasteiger partial charge in [-0.3, -0.25) is 14.3 Å². The molecule has 0 aliphatic heterocycles. The Morgan fingerprint density at radius 1 is 1.22 bits per heavy atom. The standard InChI is InChI=1S/C13H11ClN2O2/c14-11-9-16(13(18)15-12(11)17)8-4-7-10-5-2-1-3-6-10/h1-7,9H,8H2,(H,15,17,18)/b7-4-. The summed E-state index contributed by atoms with van der Waals surface area (Å²) in [6.07, 6.45) is 5.05. The van der Waals surface area contributed by atoms with Gasteiger partial charge in [0, 0.05) is 12.7 Å². The smallest absolute Gasteiger partial charge is 0.295 e. The summed E-state index contributed by atoms with van der Waals surface area (Å²) in [5.74, 6) is 0. The minimum absolute atomic E-state index is 0.00251. The van der Waals surface area contributed by atoms with E-state index in [0.29, 0.717) is 6.54 Å². The van der Waals surface area contributed by atoms with Crippen molar-refractivity contribution < 1.29 is 0 Å². The van der Waals surface area contributed by atoms with Crippen LogP contribution < -0.4 is 11.2 Å². The molecule has 5 heteroatoms. The second-order valence-corrected chi connectivity index (χ2v) is 4.11. The molecule has 0 saturated carbocycles. The van der Waals surface area contributed by atoms with Crippen LogP contribution in [0, 0.1) is 0 Å². The van der Waals surface area contributed by atoms with Gasteiger partial charge in [0.15, 0.2) is 0 Å². The number of benzene rings is 1. The van der Waals surface area contributed by atoms with Crippen LogP contribution in [0.4, 0.5) is 0 Å². The number of nitrogens with zero attached hydrogens (tertiary/aromatic N) is 1. The molecule has 1 heterocycles. The fourth-order valence-corrected chi connectivity index (χ4v) is 1.65. The lowest BCUT2D eigenvalue weighted by Gasteiger charge is -2.00. The van der Waals surface area contributed by atoms with Gasteiger partial charge in [-0.1, -0.05) is 54.1 Å². The van der Waals surface area contributed by atoms with Crippen molar-refractivity contribution in [2.75, 3.05) is 0 Å². The third-order valence-electron chi connectivity index (χ3n) is 2.38. The number of halogens is 1. The van der Waals surface area contributed by atoms with E-state index >= 15 is 0 Å². The molecule has 0 radical (unpaired) electrons. The molecule has 1 aromatic carbocycles. The van der Waals surface area contributed by atoms with Crippen LogP contribution in [0.3, 0.4) is 0 Å². The highest BCUT2D eigenvalue weighted by Gasteiger charge is 1.99. The van der Waals surface area contributed by atoms with E-state index in [-0.39, 0.29) is 5.02 Å². The average molecular weight is 263 g/mol. The van der Waals surface area contributed by atoms with Crippen LogP contribution in [0.1, 0.15) is 5.56 Å². The highest BCUT2D eigenvalue weighted by Crippen LogP contribution is 2.01. The van der Waals surface area contributed by atoms with Gasteiger partial charge < -0.3 is 0 Å². The number of H-pyrrole nitrogens is 1. The first-order valence-electron chi connectivity index (χ1n) is 5.37. The quantitative estimate of drug-likeness (QED) is 0.919. The lowest BCUT2D eigenvalue weighted by Crippen LogP contribution is -2.29. The van der Waals surface area contributed by atoms with E-state index in [1.807, 2.05) is 42.5 Å². The summed E-state index contributed by atoms with van der Waals surface area (Å²) in [4.78, 5) is 24.7. The molecule has 1 N–H and O–H groups in total. The monoisotopic (exact) mass is 262 g/mol. The topological polar surface area (TPSA) is 54.9 Å². The van der Waals surface area contributed by atoms with Crippen molar-refractivity contribution in [3.05, 3.63) is 74.0 Å². The summed E-state index contributed by atoms with van der Waals surface area (Å²) in [5, 5.41) is 0.00251. The third-order valence-corrected chi connectivity index (χ3v) is 2.65. The van der Waals surface area contributed by atoms with E-state index in [2.05, 4.69) is 4.98 Å². The van der Waals surface area contributed by atoms with E-state index in [1.165, 1.54) is 10.8 Å². The van der Waals surface area contributed by atoms with E-state index < -0.39 is 11.2 Å². The Bertz CT molecular complexity index is 671. The summed E-state index contributed by atoms with van der Waals surface area (Å²) < 4.78 is 1.34. The first-order chi connectivity index (χ1) is 8.66. The van der Waals surface area contributed by atoms with Crippen LogP contribution >= 0.6 is 11.6 Å². The Labute approximate surface area is 108 Å². The number of hydrogen-bond donors (Lipinski definition) is 1. The van der Waals surface area contributed by atoms with Gasteiger partial charge >= 0.3 is 5.69 Å². The zero-order chi connectivity index (χ0) is 13.0. The van der Waals surface area contributed by atoms with Crippen molar-refractivity contribution in [1.29, 1.82) is 0 Å². The molecule has 0 spiro atoms. The normalized spacial score (nSPS) is 10.9. The molecule has 0 unspecified atom stereocenters. The fraction of sp³-hybridized carbons (Fsp3) is 0.0769. The maximum absolute atomic E-state index is 11.4. The summed E-state index contributed by atoms with van der Waals surface area (Å²) in [6, 6.07) is 9.72. The number of rotatable bonds is 3. The molecule has 2 aromatic rings. The Hall–Kier alpha value is -2.07. The van der Waals surface area contributed by atoms with Gasteiger partial charge in [0.05, 0.1) is 0 Å². The van der Waals surface area contributed by atoms with Crippen LogP contribution in [-0.4, -0.2) is 9.55 Å². The second kappa shape index (κ2) is 5.51. The minimum Gasteiger partial charge on any atom is -0.295 e. The van der Waals surface area contributed by atoms with Crippen LogP contribution in [0.2, 0.25) is 5.02 Å². The van der Waals surface area contributed by atoms with Crippen molar-refractivity contribution in [2.24, 2.45) is 0 Å². The summed E-state index contributed by atoms with van der Waals surface area (Å²) in [5.41, 5.74) is 0.00754. The first kappa shape index (κ1) is 12.4. The zero-order valence-corrected chi connectivity index (χ0v) is 10.2. The van der Waals surface area contributed by atoms with E-state index in [4.69, 9.17) is 11.6 Å². The summed E-state index contributed by atoms with van der Waals surface area (Å²) >= 11 is 5.65. The predicted octanol–water partition coefficient (Wildman–Crippen LogP) is 1.90. The van der Waals surface area contributed by atoms with Gasteiger partial charge in [0.2, 0.25) is 0 Å². The van der Waals surface area contributed by atoms with Crippen LogP contribution in [-0.2, 0) is 6.54 Å². The largest absolute Gasteiger partial charge is 0.328 e. The molecule has 0 atom stereocenters. The van der Waals surface area contributed by atoms with E-state index in [0.717, 1.165) is 5.56 Å². The van der Waals surface area contributed by atoms with Crippen molar-refractivity contribution in [3.63, 3.8) is 0 Å². The van der Waals surface area contributed by atoms with Crippen LogP contribution in [0.5, 0.6) is 0 Å². The maximum atomic E-state index is 11.4. The third kappa shape index (κ3) is 2.99. The Morgan fingerprint density at radius 2 is 1.94 bits per heavy atom. The zero-order valence-electron chi connectivity index (χ0n) is 9.47. The molecular weight excluding hydrogens is 252 g/mol. The lowest BCUT2D eigenvalue weighted by atomic mass is 10.2. The van der Waals surface area contributed by atoms with Crippen LogP contribution in [0.25, 0.3) is 6.08 Å². The Kier molecular flexibility index (Phi) is 3.79. The molecule has 1 aromatic heterocycles. The van der Waals surface area contributed by atoms with Crippen molar-refractivity contribution in [3.8, 4) is 0 Å². The molecular formula is C13H11ClN2O2. The van der Waals surface area contributed by atoms with Gasteiger partial charge in [-0.05, 0) is 5.56 Å². The van der Waals surface area contributed by atoms with E-state index in [1.54, 1.807) is 0 Å². The summed E-state index contributed by atoms with van der Waals surface area (Å²) in [6.45, 7) is 0.351. The number of aromatic nitrogens is 2. The molecule has 0 aliphatic carbocycles. The van der Waals surface area contributed by atoms with Gasteiger partial charge in [-0.2, -0.15) is 0 Å².